The Kier molecular flexibility index (Phi) is 10.00. The summed E-state index contributed by atoms with van der Waals surface area (Å²) in [6, 6.07) is -2.21. The number of hydrogen-bond donors (Lipinski definition) is 0. The average Bonchev–Trinajstić information content (AvgIpc) is 2.90. The first kappa shape index (κ1) is 36.5. The van der Waals surface area contributed by atoms with E-state index >= 15 is 17.6 Å². The van der Waals surface area contributed by atoms with Gasteiger partial charge in [0.2, 0.25) is 0 Å². The molecule has 1 aliphatic heterocycles. The van der Waals surface area contributed by atoms with E-state index in [0.717, 1.165) is 9.30 Å². The molecule has 250 valence electrons. The predicted octanol–water partition coefficient (Wildman–Crippen LogP) is 7.06. The van der Waals surface area contributed by atoms with Crippen LogP contribution in [0.15, 0.2) is 11.4 Å². The normalized spacial score (nSPS) is 15.8. The summed E-state index contributed by atoms with van der Waals surface area (Å²) in [5.41, 5.74) is -3.42. The van der Waals surface area contributed by atoms with Gasteiger partial charge >= 0.3 is 6.42 Å². The van der Waals surface area contributed by atoms with E-state index in [0.29, 0.717) is 5.20 Å². The van der Waals surface area contributed by atoms with Gasteiger partial charge in [-0.2, -0.15) is 0 Å². The third-order valence-electron chi connectivity index (χ3n) is 8.22. The first-order valence-corrected chi connectivity index (χ1v) is 18.1. The van der Waals surface area contributed by atoms with Crippen molar-refractivity contribution in [2.45, 2.75) is 99.2 Å². The summed E-state index contributed by atoms with van der Waals surface area (Å²) in [7, 11) is -2.61. The first-order valence-electron chi connectivity index (χ1n) is 14.6. The lowest BCUT2D eigenvalue weighted by Gasteiger charge is -2.61. The fourth-order valence-electron chi connectivity index (χ4n) is 6.48. The maximum absolute atomic E-state index is 15.9. The number of halogens is 10. The number of rotatable bonds is 9. The molecule has 15 heteroatoms. The largest absolute Gasteiger partial charge is 0.441 e. The minimum atomic E-state index is -4.26. The molecule has 0 amide bonds. The summed E-state index contributed by atoms with van der Waals surface area (Å²) in [6.07, 6.45) is -2.47. The first-order chi connectivity index (χ1) is 20.5. The summed E-state index contributed by atoms with van der Waals surface area (Å²) in [5.74, 6) is -24.5. The molecule has 3 nitrogen and oxygen atoms in total. The topological polar surface area (TPSA) is 9.49 Å². The molecule has 1 heterocycles. The number of benzene rings is 2. The van der Waals surface area contributed by atoms with Crippen LogP contribution in [0.4, 0.5) is 43.9 Å². The molecule has 2 aromatic carbocycles. The fourth-order valence-corrected chi connectivity index (χ4v) is 7.94. The van der Waals surface area contributed by atoms with Gasteiger partial charge in [-0.05, 0) is 66.3 Å². The van der Waals surface area contributed by atoms with E-state index in [9.17, 15) is 26.3 Å². The second-order valence-corrected chi connectivity index (χ2v) is 18.5. The van der Waals surface area contributed by atoms with Gasteiger partial charge < -0.3 is 14.2 Å². The molecule has 0 bridgehead atoms. The van der Waals surface area contributed by atoms with Crippen LogP contribution in [0.1, 0.15) is 55.4 Å². The van der Waals surface area contributed by atoms with Crippen molar-refractivity contribution in [1.82, 2.24) is 9.71 Å². The Hall–Kier alpha value is -2.97. The molecular formula is C30H38BF10N3Si. The van der Waals surface area contributed by atoms with E-state index in [2.05, 4.69) is 0 Å². The predicted molar refractivity (Wildman–Crippen MR) is 158 cm³/mol. The lowest BCUT2D eigenvalue weighted by molar-refractivity contribution is -0.468. The van der Waals surface area contributed by atoms with E-state index < -0.39 is 95.7 Å². The van der Waals surface area contributed by atoms with E-state index in [1.807, 2.05) is 52.2 Å². The molecule has 0 fully saturated rings. The van der Waals surface area contributed by atoms with E-state index in [-0.39, 0.29) is 17.9 Å². The Morgan fingerprint density at radius 2 is 0.911 bits per heavy atom. The molecule has 3 rings (SSSR count). The Morgan fingerprint density at radius 1 is 0.600 bits per heavy atom. The van der Waals surface area contributed by atoms with E-state index in [1.165, 1.54) is 27.7 Å². The van der Waals surface area contributed by atoms with Crippen LogP contribution in [0.2, 0.25) is 19.6 Å². The average molecular weight is 670 g/mol. The van der Waals surface area contributed by atoms with Gasteiger partial charge in [-0.25, -0.2) is 43.9 Å². The molecule has 0 saturated carbocycles. The molecule has 2 aromatic rings. The molecular weight excluding hydrogens is 631 g/mol. The van der Waals surface area contributed by atoms with Crippen molar-refractivity contribution >= 4 is 31.3 Å². The number of hydrogen-bond acceptors (Lipinski definition) is 2. The zero-order chi connectivity index (χ0) is 34.8. The van der Waals surface area contributed by atoms with Crippen molar-refractivity contribution in [3.05, 3.63) is 69.6 Å². The van der Waals surface area contributed by atoms with E-state index in [1.54, 1.807) is 6.20 Å². The molecule has 0 N–H and O–H groups in total. The van der Waals surface area contributed by atoms with Crippen LogP contribution in [0.5, 0.6) is 0 Å². The van der Waals surface area contributed by atoms with Gasteiger partial charge in [0.25, 0.3) is 0 Å². The van der Waals surface area contributed by atoms with Crippen LogP contribution in [0, 0.1) is 58.2 Å². The Morgan fingerprint density at radius 3 is 1.16 bits per heavy atom. The van der Waals surface area contributed by atoms with Gasteiger partial charge in [0.15, 0.2) is 40.7 Å². The van der Waals surface area contributed by atoms with Crippen molar-refractivity contribution in [3.8, 4) is 0 Å². The quantitative estimate of drug-likeness (QED) is 0.123. The SMILES string of the molecule is CC(C)N(/C=C(/C1=[N+](C(C)C)[B-](c2c(F)c(F)c(F)c(F)c2F)(c2c(F)c(F)c(F)c(F)c2F)N1C(C)C)[Si](C)(C)C)C(C)C. The summed E-state index contributed by atoms with van der Waals surface area (Å²) in [4.78, 5) is 3.01. The molecule has 0 radical (unpaired) electrons. The van der Waals surface area contributed by atoms with Crippen LogP contribution >= 0.6 is 0 Å². The summed E-state index contributed by atoms with van der Waals surface area (Å²) >= 11 is 0. The summed E-state index contributed by atoms with van der Waals surface area (Å²) < 4.78 is 153. The molecule has 0 unspecified atom stereocenters. The summed E-state index contributed by atoms with van der Waals surface area (Å²) in [5, 5.41) is 0.553. The molecule has 45 heavy (non-hydrogen) atoms. The second-order valence-electron chi connectivity index (χ2n) is 13.5. The van der Waals surface area contributed by atoms with Crippen LogP contribution < -0.4 is 10.9 Å². The molecule has 0 saturated heterocycles. The zero-order valence-electron chi connectivity index (χ0n) is 27.1. The van der Waals surface area contributed by atoms with Gasteiger partial charge in [0, 0.05) is 35.6 Å². The number of amidine groups is 1. The highest BCUT2D eigenvalue weighted by atomic mass is 28.3. The van der Waals surface area contributed by atoms with Crippen LogP contribution in [0.3, 0.4) is 0 Å². The van der Waals surface area contributed by atoms with Gasteiger partial charge in [-0.3, -0.25) is 0 Å². The van der Waals surface area contributed by atoms with Gasteiger partial charge in [-0.1, -0.05) is 19.6 Å². The molecule has 0 spiro atoms. The van der Waals surface area contributed by atoms with E-state index in [4.69, 9.17) is 0 Å². The van der Waals surface area contributed by atoms with Crippen molar-refractivity contribution in [3.63, 3.8) is 0 Å². The standard InChI is InChI=1S/C30H38BF10N3Si/c1-13(2)42(14(3)4)12-17(45(9,10)11)30-43(15(5)6)31(44(30)16(7)8,18-20(32)24(36)28(40)25(37)21(18)33)19-22(34)26(38)29(41)27(39)23(19)35/h12-16H,1-11H3/b17-12-. The maximum atomic E-state index is 15.9. The highest BCUT2D eigenvalue weighted by Gasteiger charge is 2.67. The minimum Gasteiger partial charge on any atom is -0.410 e. The zero-order valence-corrected chi connectivity index (χ0v) is 28.1. The highest BCUT2D eigenvalue weighted by molar-refractivity contribution is 7.00. The molecule has 0 aromatic heterocycles. The molecule has 0 aliphatic carbocycles. The maximum Gasteiger partial charge on any atom is 0.441 e. The van der Waals surface area contributed by atoms with Gasteiger partial charge in [0.05, 0.1) is 8.07 Å². The Balaban J connectivity index is 2.84. The Bertz CT molecular complexity index is 1450. The minimum absolute atomic E-state index is 0.0855. The smallest absolute Gasteiger partial charge is 0.410 e. The Labute approximate surface area is 258 Å². The van der Waals surface area contributed by atoms with Crippen LogP contribution in [-0.2, 0) is 0 Å². The van der Waals surface area contributed by atoms with Crippen LogP contribution in [-0.4, -0.2) is 58.7 Å². The fraction of sp³-hybridized carbons (Fsp3) is 0.500. The number of nitrogens with zero attached hydrogens (tertiary/aromatic N) is 3. The second kappa shape index (κ2) is 12.3. The van der Waals surface area contributed by atoms with Crippen molar-refractivity contribution in [2.75, 3.05) is 0 Å². The van der Waals surface area contributed by atoms with Gasteiger partial charge in [-0.15, -0.1) is 0 Å². The lowest BCUT2D eigenvalue weighted by atomic mass is 9.31. The highest BCUT2D eigenvalue weighted by Crippen LogP contribution is 2.38. The van der Waals surface area contributed by atoms with Crippen molar-refractivity contribution < 1.29 is 48.4 Å². The van der Waals surface area contributed by atoms with Crippen LogP contribution in [0.25, 0.3) is 0 Å². The molecule has 0 atom stereocenters. The summed E-state index contributed by atoms with van der Waals surface area (Å²) in [6.45, 7) is 19.1. The third kappa shape index (κ3) is 5.46. The lowest BCUT2D eigenvalue weighted by Crippen LogP contribution is -2.91. The van der Waals surface area contributed by atoms with Crippen molar-refractivity contribution in [2.24, 2.45) is 0 Å². The third-order valence-corrected chi connectivity index (χ3v) is 10.2. The monoisotopic (exact) mass is 669 g/mol. The molecule has 1 aliphatic rings. The van der Waals surface area contributed by atoms with Gasteiger partial charge in [0.1, 0.15) is 23.3 Å². The van der Waals surface area contributed by atoms with Crippen molar-refractivity contribution in [1.29, 1.82) is 0 Å².